The number of anilines is 1. The van der Waals surface area contributed by atoms with Gasteiger partial charge in [0.25, 0.3) is 0 Å². The molecule has 1 saturated carbocycles. The van der Waals surface area contributed by atoms with Gasteiger partial charge in [-0.25, -0.2) is 9.83 Å². The van der Waals surface area contributed by atoms with Crippen LogP contribution in [0.2, 0.25) is 0 Å². The molecule has 0 spiro atoms. The van der Waals surface area contributed by atoms with Crippen molar-refractivity contribution in [2.24, 2.45) is 0 Å². The topological polar surface area (TPSA) is 106 Å². The molecule has 1 aliphatic rings. The zero-order valence-corrected chi connectivity index (χ0v) is 17.6. The summed E-state index contributed by atoms with van der Waals surface area (Å²) in [6, 6.07) is 9.38. The molecule has 1 aromatic carbocycles. The van der Waals surface area contributed by atoms with E-state index in [0.717, 1.165) is 25.7 Å². The normalized spacial score (nSPS) is 18.4. The molecule has 0 amide bonds. The van der Waals surface area contributed by atoms with E-state index >= 15 is 0 Å². The van der Waals surface area contributed by atoms with Gasteiger partial charge in [0.15, 0.2) is 0 Å². The predicted octanol–water partition coefficient (Wildman–Crippen LogP) is 4.17. The molecule has 8 heteroatoms. The van der Waals surface area contributed by atoms with Gasteiger partial charge in [0.2, 0.25) is 5.69 Å². The van der Waals surface area contributed by atoms with E-state index in [4.69, 9.17) is 21.8 Å². The quantitative estimate of drug-likeness (QED) is 0.390. The SMILES string of the molecule is [C-]#[N+]c1c(N)nc(SCCOC)c(C#N)c1-c1ccc(O[C@H]2CCCC[C@@H]2O)cc1. The van der Waals surface area contributed by atoms with Crippen LogP contribution in [0.25, 0.3) is 16.0 Å². The number of hydrogen-bond donors (Lipinski definition) is 2. The number of aliphatic hydroxyl groups is 1. The number of nitrogen functional groups attached to an aromatic ring is 1. The van der Waals surface area contributed by atoms with Crippen LogP contribution in [0.15, 0.2) is 29.3 Å². The van der Waals surface area contributed by atoms with Crippen molar-refractivity contribution in [3.05, 3.63) is 41.2 Å². The minimum absolute atomic E-state index is 0.101. The van der Waals surface area contributed by atoms with E-state index in [9.17, 15) is 10.4 Å². The maximum absolute atomic E-state index is 10.1. The lowest BCUT2D eigenvalue weighted by molar-refractivity contribution is 0.00688. The van der Waals surface area contributed by atoms with Crippen molar-refractivity contribution in [2.45, 2.75) is 42.9 Å². The van der Waals surface area contributed by atoms with E-state index in [1.165, 1.54) is 11.8 Å². The Morgan fingerprint density at radius 2 is 2.07 bits per heavy atom. The fourth-order valence-corrected chi connectivity index (χ4v) is 4.38. The number of hydrogen-bond acceptors (Lipinski definition) is 7. The monoisotopic (exact) mass is 424 g/mol. The first-order valence-electron chi connectivity index (χ1n) is 9.77. The Kier molecular flexibility index (Phi) is 7.53. The number of rotatable bonds is 7. The van der Waals surface area contributed by atoms with E-state index in [2.05, 4.69) is 15.9 Å². The number of nitrogens with two attached hydrogens (primary N) is 1. The highest BCUT2D eigenvalue weighted by atomic mass is 32.2. The summed E-state index contributed by atoms with van der Waals surface area (Å²) in [5, 5.41) is 20.4. The second kappa shape index (κ2) is 10.3. The minimum atomic E-state index is -0.455. The lowest BCUT2D eigenvalue weighted by Gasteiger charge is -2.28. The number of methoxy groups -OCH3 is 1. The van der Waals surface area contributed by atoms with Crippen LogP contribution in [0.1, 0.15) is 31.2 Å². The van der Waals surface area contributed by atoms with Crippen LogP contribution in [0.5, 0.6) is 5.75 Å². The molecule has 2 aromatic rings. The fourth-order valence-electron chi connectivity index (χ4n) is 3.49. The van der Waals surface area contributed by atoms with Crippen LogP contribution >= 0.6 is 11.8 Å². The Morgan fingerprint density at radius 3 is 2.70 bits per heavy atom. The zero-order chi connectivity index (χ0) is 21.5. The van der Waals surface area contributed by atoms with Crippen LogP contribution in [-0.2, 0) is 4.74 Å². The van der Waals surface area contributed by atoms with Crippen molar-refractivity contribution in [1.29, 1.82) is 5.26 Å². The van der Waals surface area contributed by atoms with Gasteiger partial charge in [-0.15, -0.1) is 11.8 Å². The van der Waals surface area contributed by atoms with Crippen molar-refractivity contribution >= 4 is 23.3 Å². The van der Waals surface area contributed by atoms with E-state index in [1.807, 2.05) is 0 Å². The first-order chi connectivity index (χ1) is 14.6. The number of thioether (sulfide) groups is 1. The molecule has 1 aliphatic carbocycles. The highest BCUT2D eigenvalue weighted by Crippen LogP contribution is 2.41. The number of nitriles is 1. The maximum Gasteiger partial charge on any atom is 0.236 e. The average molecular weight is 425 g/mol. The number of pyridine rings is 1. The van der Waals surface area contributed by atoms with Crippen LogP contribution < -0.4 is 10.5 Å². The summed E-state index contributed by atoms with van der Waals surface area (Å²) in [6.07, 6.45) is 2.97. The van der Waals surface area contributed by atoms with E-state index in [-0.39, 0.29) is 17.6 Å². The van der Waals surface area contributed by atoms with Crippen molar-refractivity contribution in [3.63, 3.8) is 0 Å². The molecule has 3 rings (SSSR count). The first-order valence-corrected chi connectivity index (χ1v) is 10.8. The number of ether oxygens (including phenoxy) is 2. The fraction of sp³-hybridized carbons (Fsp3) is 0.409. The van der Waals surface area contributed by atoms with Gasteiger partial charge >= 0.3 is 0 Å². The third-order valence-electron chi connectivity index (χ3n) is 5.01. The van der Waals surface area contributed by atoms with Crippen LogP contribution in [0, 0.1) is 17.9 Å². The van der Waals surface area contributed by atoms with E-state index in [1.54, 1.807) is 31.4 Å². The Balaban J connectivity index is 1.93. The van der Waals surface area contributed by atoms with E-state index in [0.29, 0.717) is 39.8 Å². The highest BCUT2D eigenvalue weighted by molar-refractivity contribution is 7.99. The van der Waals surface area contributed by atoms with Gasteiger partial charge in [0.1, 0.15) is 28.8 Å². The molecule has 0 saturated heterocycles. The van der Waals surface area contributed by atoms with Gasteiger partial charge in [-0.2, -0.15) is 5.26 Å². The van der Waals surface area contributed by atoms with Crippen LogP contribution in [0.4, 0.5) is 11.5 Å². The standard InChI is InChI=1S/C22H24N4O3S/c1-25-20-19(16(13-23)22(26-21(20)24)30-12-11-28-2)14-7-9-15(10-8-14)29-18-6-4-3-5-17(18)27/h7-10,17-18,27H,3-6,11-12H2,2H3,(H2,24,26)/t17-,18-/m0/s1. The second-order valence-electron chi connectivity index (χ2n) is 7.00. The largest absolute Gasteiger partial charge is 0.488 e. The minimum Gasteiger partial charge on any atom is -0.488 e. The van der Waals surface area contributed by atoms with Crippen LogP contribution in [-0.4, -0.2) is 41.8 Å². The summed E-state index contributed by atoms with van der Waals surface area (Å²) in [7, 11) is 1.61. The van der Waals surface area contributed by atoms with Gasteiger partial charge in [-0.1, -0.05) is 18.6 Å². The summed E-state index contributed by atoms with van der Waals surface area (Å²) in [5.74, 6) is 1.36. The average Bonchev–Trinajstić information content (AvgIpc) is 2.76. The lowest BCUT2D eigenvalue weighted by atomic mass is 9.95. The van der Waals surface area contributed by atoms with Crippen molar-refractivity contribution < 1.29 is 14.6 Å². The van der Waals surface area contributed by atoms with Crippen molar-refractivity contribution in [3.8, 4) is 22.9 Å². The molecule has 156 valence electrons. The molecule has 0 aliphatic heterocycles. The second-order valence-corrected chi connectivity index (χ2v) is 8.08. The van der Waals surface area contributed by atoms with Crippen molar-refractivity contribution in [1.82, 2.24) is 4.98 Å². The van der Waals surface area contributed by atoms with Gasteiger partial charge in [-0.3, -0.25) is 0 Å². The summed E-state index contributed by atoms with van der Waals surface area (Å²) < 4.78 is 11.0. The summed E-state index contributed by atoms with van der Waals surface area (Å²) in [5.41, 5.74) is 7.70. The number of aliphatic hydroxyl groups excluding tert-OH is 1. The summed E-state index contributed by atoms with van der Waals surface area (Å²) in [4.78, 5) is 7.80. The Bertz CT molecular complexity index is 966. The highest BCUT2D eigenvalue weighted by Gasteiger charge is 2.25. The van der Waals surface area contributed by atoms with Gasteiger partial charge in [0, 0.05) is 18.4 Å². The smallest absolute Gasteiger partial charge is 0.236 e. The molecular weight excluding hydrogens is 400 g/mol. The Hall–Kier alpha value is -2.78. The van der Waals surface area contributed by atoms with E-state index < -0.39 is 6.10 Å². The number of benzene rings is 1. The lowest BCUT2D eigenvalue weighted by Crippen LogP contribution is -2.34. The molecule has 1 fully saturated rings. The molecule has 3 N–H and O–H groups in total. The van der Waals surface area contributed by atoms with Gasteiger partial charge < -0.3 is 20.3 Å². The third kappa shape index (κ3) is 4.85. The zero-order valence-electron chi connectivity index (χ0n) is 16.8. The predicted molar refractivity (Wildman–Crippen MR) is 117 cm³/mol. The molecule has 1 heterocycles. The first kappa shape index (κ1) is 21.9. The molecule has 2 atom stereocenters. The summed E-state index contributed by atoms with van der Waals surface area (Å²) >= 11 is 1.37. The Labute approximate surface area is 180 Å². The molecule has 1 aromatic heterocycles. The Morgan fingerprint density at radius 1 is 1.33 bits per heavy atom. The molecule has 0 bridgehead atoms. The molecule has 30 heavy (non-hydrogen) atoms. The molecular formula is C22H24N4O3S. The molecule has 0 unspecified atom stereocenters. The van der Waals surface area contributed by atoms with Gasteiger partial charge in [-0.05, 0) is 37.0 Å². The number of aromatic nitrogens is 1. The number of nitrogens with zero attached hydrogens (tertiary/aromatic N) is 3. The molecule has 7 nitrogen and oxygen atoms in total. The maximum atomic E-state index is 10.1. The third-order valence-corrected chi connectivity index (χ3v) is 5.95. The van der Waals surface area contributed by atoms with Crippen LogP contribution in [0.3, 0.4) is 0 Å². The molecule has 0 radical (unpaired) electrons. The summed E-state index contributed by atoms with van der Waals surface area (Å²) in [6.45, 7) is 8.05. The van der Waals surface area contributed by atoms with Gasteiger partial charge in [0.05, 0.1) is 24.8 Å². The van der Waals surface area contributed by atoms with Crippen molar-refractivity contribution in [2.75, 3.05) is 25.2 Å².